The van der Waals surface area contributed by atoms with Crippen LogP contribution in [0.15, 0.2) is 12.4 Å². The predicted molar refractivity (Wildman–Crippen MR) is 74.7 cm³/mol. The summed E-state index contributed by atoms with van der Waals surface area (Å²) in [7, 11) is 0. The van der Waals surface area contributed by atoms with Crippen LogP contribution in [0.3, 0.4) is 0 Å². The molecule has 1 heterocycles. The van der Waals surface area contributed by atoms with Gasteiger partial charge in [-0.05, 0) is 32.7 Å². The second-order valence-electron chi connectivity index (χ2n) is 5.09. The van der Waals surface area contributed by atoms with Crippen LogP contribution in [0.1, 0.15) is 44.2 Å². The van der Waals surface area contributed by atoms with Gasteiger partial charge in [0.05, 0.1) is 5.69 Å². The molecule has 4 nitrogen and oxygen atoms in total. The molecule has 0 aromatic carbocycles. The molecule has 0 spiro atoms. The van der Waals surface area contributed by atoms with Gasteiger partial charge in [-0.15, -0.1) is 0 Å². The zero-order chi connectivity index (χ0) is 12.8. The average Bonchev–Trinajstić information content (AvgIpc) is 2.42. The molecule has 1 aliphatic carbocycles. The molecule has 0 unspecified atom stereocenters. The third-order valence-electron chi connectivity index (χ3n) is 3.75. The van der Waals surface area contributed by atoms with E-state index in [0.717, 1.165) is 31.0 Å². The maximum Gasteiger partial charge on any atom is 0.150 e. The van der Waals surface area contributed by atoms with E-state index >= 15 is 0 Å². The second kappa shape index (κ2) is 6.69. The molecule has 0 aliphatic heterocycles. The van der Waals surface area contributed by atoms with Crippen molar-refractivity contribution in [3.8, 4) is 0 Å². The second-order valence-corrected chi connectivity index (χ2v) is 5.09. The van der Waals surface area contributed by atoms with Gasteiger partial charge in [-0.25, -0.2) is 4.98 Å². The monoisotopic (exact) mass is 248 g/mol. The minimum absolute atomic E-state index is 0.626. The van der Waals surface area contributed by atoms with Gasteiger partial charge in [0.1, 0.15) is 5.82 Å². The largest absolute Gasteiger partial charge is 0.352 e. The Labute approximate surface area is 110 Å². The third kappa shape index (κ3) is 3.19. The lowest BCUT2D eigenvalue weighted by Gasteiger charge is -2.35. The van der Waals surface area contributed by atoms with E-state index in [2.05, 4.69) is 14.9 Å². The number of aromatic nitrogens is 2. The van der Waals surface area contributed by atoms with Crippen LogP contribution in [0, 0.1) is 6.92 Å². The molecule has 4 heteroatoms. The van der Waals surface area contributed by atoms with Gasteiger partial charge in [-0.1, -0.05) is 19.3 Å². The normalized spacial score (nSPS) is 16.8. The summed E-state index contributed by atoms with van der Waals surface area (Å²) >= 11 is 0. The SMILES string of the molecule is Cc1nccnc1N(CCCN)C1CCCCC1. The van der Waals surface area contributed by atoms with Crippen molar-refractivity contribution in [3.05, 3.63) is 18.1 Å². The molecule has 0 bridgehead atoms. The molecule has 2 rings (SSSR count). The molecule has 1 aliphatic rings. The molecule has 100 valence electrons. The topological polar surface area (TPSA) is 55.0 Å². The number of nitrogens with zero attached hydrogens (tertiary/aromatic N) is 3. The van der Waals surface area contributed by atoms with E-state index in [0.29, 0.717) is 6.04 Å². The lowest BCUT2D eigenvalue weighted by Crippen LogP contribution is -2.39. The maximum atomic E-state index is 5.66. The summed E-state index contributed by atoms with van der Waals surface area (Å²) in [5.41, 5.74) is 6.69. The van der Waals surface area contributed by atoms with E-state index in [1.807, 2.05) is 6.92 Å². The van der Waals surface area contributed by atoms with Crippen molar-refractivity contribution in [1.29, 1.82) is 0 Å². The summed E-state index contributed by atoms with van der Waals surface area (Å²) in [5.74, 6) is 1.05. The van der Waals surface area contributed by atoms with Crippen LogP contribution in [0.2, 0.25) is 0 Å². The first kappa shape index (κ1) is 13.3. The van der Waals surface area contributed by atoms with Gasteiger partial charge >= 0.3 is 0 Å². The predicted octanol–water partition coefficient (Wildman–Crippen LogP) is 2.27. The Balaban J connectivity index is 2.15. The van der Waals surface area contributed by atoms with Crippen LogP contribution in [0.25, 0.3) is 0 Å². The maximum absolute atomic E-state index is 5.66. The summed E-state index contributed by atoms with van der Waals surface area (Å²) in [5, 5.41) is 0. The fraction of sp³-hybridized carbons (Fsp3) is 0.714. The number of nitrogens with two attached hydrogens (primary N) is 1. The van der Waals surface area contributed by atoms with E-state index in [4.69, 9.17) is 5.73 Å². The Kier molecular flexibility index (Phi) is 4.93. The van der Waals surface area contributed by atoms with E-state index < -0.39 is 0 Å². The van der Waals surface area contributed by atoms with Crippen molar-refractivity contribution >= 4 is 5.82 Å². The molecule has 1 aromatic rings. The standard InChI is InChI=1S/C14H24N4/c1-12-14(17-10-9-16-12)18(11-5-8-15)13-6-3-2-4-7-13/h9-10,13H,2-8,11,15H2,1H3. The Morgan fingerprint density at radius 3 is 2.61 bits per heavy atom. The van der Waals surface area contributed by atoms with E-state index in [1.54, 1.807) is 12.4 Å². The zero-order valence-electron chi connectivity index (χ0n) is 11.3. The smallest absolute Gasteiger partial charge is 0.150 e. The quantitative estimate of drug-likeness (QED) is 0.868. The molecular formula is C14H24N4. The van der Waals surface area contributed by atoms with E-state index in [1.165, 1.54) is 32.1 Å². The summed E-state index contributed by atoms with van der Waals surface area (Å²) in [4.78, 5) is 11.3. The fourth-order valence-corrected chi connectivity index (χ4v) is 2.80. The Morgan fingerprint density at radius 2 is 1.94 bits per heavy atom. The van der Waals surface area contributed by atoms with Gasteiger partial charge in [0, 0.05) is 25.0 Å². The Morgan fingerprint density at radius 1 is 1.22 bits per heavy atom. The molecule has 1 saturated carbocycles. The summed E-state index contributed by atoms with van der Waals surface area (Å²) in [6.45, 7) is 3.78. The number of hydrogen-bond donors (Lipinski definition) is 1. The molecular weight excluding hydrogens is 224 g/mol. The van der Waals surface area contributed by atoms with Gasteiger partial charge in [0.15, 0.2) is 0 Å². The van der Waals surface area contributed by atoms with Crippen LogP contribution in [0.4, 0.5) is 5.82 Å². The van der Waals surface area contributed by atoms with Crippen molar-refractivity contribution in [1.82, 2.24) is 9.97 Å². The van der Waals surface area contributed by atoms with Crippen LogP contribution in [-0.4, -0.2) is 29.1 Å². The van der Waals surface area contributed by atoms with Gasteiger partial charge < -0.3 is 10.6 Å². The lowest BCUT2D eigenvalue weighted by molar-refractivity contribution is 0.410. The first-order chi connectivity index (χ1) is 8.83. The highest BCUT2D eigenvalue weighted by molar-refractivity contribution is 5.43. The lowest BCUT2D eigenvalue weighted by atomic mass is 9.94. The Hall–Kier alpha value is -1.16. The van der Waals surface area contributed by atoms with Crippen molar-refractivity contribution < 1.29 is 0 Å². The molecule has 2 N–H and O–H groups in total. The van der Waals surface area contributed by atoms with Crippen molar-refractivity contribution in [2.75, 3.05) is 18.0 Å². The van der Waals surface area contributed by atoms with Gasteiger partial charge in [-0.3, -0.25) is 4.98 Å². The fourth-order valence-electron chi connectivity index (χ4n) is 2.80. The van der Waals surface area contributed by atoms with Gasteiger partial charge in [0.2, 0.25) is 0 Å². The number of rotatable bonds is 5. The summed E-state index contributed by atoms with van der Waals surface area (Å²) in [6.07, 6.45) is 11.2. The molecule has 0 amide bonds. The number of aryl methyl sites for hydroxylation is 1. The highest BCUT2D eigenvalue weighted by atomic mass is 15.2. The van der Waals surface area contributed by atoms with Crippen molar-refractivity contribution in [2.24, 2.45) is 5.73 Å². The van der Waals surface area contributed by atoms with E-state index in [9.17, 15) is 0 Å². The first-order valence-electron chi connectivity index (χ1n) is 7.07. The molecule has 18 heavy (non-hydrogen) atoms. The molecule has 1 fully saturated rings. The summed E-state index contributed by atoms with van der Waals surface area (Å²) < 4.78 is 0. The highest BCUT2D eigenvalue weighted by Crippen LogP contribution is 2.27. The van der Waals surface area contributed by atoms with Gasteiger partial charge in [0.25, 0.3) is 0 Å². The van der Waals surface area contributed by atoms with Gasteiger partial charge in [-0.2, -0.15) is 0 Å². The number of anilines is 1. The summed E-state index contributed by atoms with van der Waals surface area (Å²) in [6, 6.07) is 0.626. The zero-order valence-corrected chi connectivity index (χ0v) is 11.3. The van der Waals surface area contributed by atoms with Crippen LogP contribution in [0.5, 0.6) is 0 Å². The van der Waals surface area contributed by atoms with Crippen LogP contribution >= 0.6 is 0 Å². The van der Waals surface area contributed by atoms with Crippen LogP contribution in [-0.2, 0) is 0 Å². The minimum atomic E-state index is 0.626. The van der Waals surface area contributed by atoms with Crippen molar-refractivity contribution in [2.45, 2.75) is 51.5 Å². The average molecular weight is 248 g/mol. The molecule has 0 saturated heterocycles. The highest BCUT2D eigenvalue weighted by Gasteiger charge is 2.23. The Bertz CT molecular complexity index is 361. The number of hydrogen-bond acceptors (Lipinski definition) is 4. The first-order valence-corrected chi connectivity index (χ1v) is 7.07. The minimum Gasteiger partial charge on any atom is -0.352 e. The van der Waals surface area contributed by atoms with Crippen LogP contribution < -0.4 is 10.6 Å². The third-order valence-corrected chi connectivity index (χ3v) is 3.75. The molecule has 0 atom stereocenters. The molecule has 0 radical (unpaired) electrons. The van der Waals surface area contributed by atoms with Crippen molar-refractivity contribution in [3.63, 3.8) is 0 Å². The molecule has 1 aromatic heterocycles. The van der Waals surface area contributed by atoms with E-state index in [-0.39, 0.29) is 0 Å².